The van der Waals surface area contributed by atoms with E-state index in [4.69, 9.17) is 5.73 Å². The maximum atomic E-state index is 5.66. The summed E-state index contributed by atoms with van der Waals surface area (Å²) < 4.78 is 0. The Morgan fingerprint density at radius 2 is 2.11 bits per heavy atom. The van der Waals surface area contributed by atoms with E-state index in [1.807, 2.05) is 0 Å². The highest BCUT2D eigenvalue weighted by molar-refractivity contribution is 5.85. The molecule has 0 saturated carbocycles. The van der Waals surface area contributed by atoms with Gasteiger partial charge in [-0.05, 0) is 56.3 Å². The molecule has 0 spiro atoms. The van der Waals surface area contributed by atoms with E-state index in [1.165, 1.54) is 43.5 Å². The van der Waals surface area contributed by atoms with Crippen molar-refractivity contribution in [2.45, 2.75) is 32.7 Å². The van der Waals surface area contributed by atoms with Gasteiger partial charge in [0, 0.05) is 13.1 Å². The third kappa shape index (κ3) is 4.27. The van der Waals surface area contributed by atoms with Gasteiger partial charge in [0.15, 0.2) is 0 Å². The van der Waals surface area contributed by atoms with Crippen molar-refractivity contribution in [3.8, 4) is 0 Å². The molecule has 0 amide bonds. The highest BCUT2D eigenvalue weighted by atomic mass is 35.5. The van der Waals surface area contributed by atoms with Gasteiger partial charge in [-0.15, -0.1) is 12.4 Å². The largest absolute Gasteiger partial charge is 0.330 e. The summed E-state index contributed by atoms with van der Waals surface area (Å²) in [5.41, 5.74) is 8.55. The number of hydrogen-bond acceptors (Lipinski definition) is 2. The molecule has 1 unspecified atom stereocenters. The topological polar surface area (TPSA) is 29.3 Å². The second kappa shape index (κ2) is 7.78. The molecule has 2 rings (SSSR count). The molecule has 1 aromatic carbocycles. The zero-order chi connectivity index (χ0) is 12.1. The lowest BCUT2D eigenvalue weighted by molar-refractivity contribution is 0.163. The van der Waals surface area contributed by atoms with Crippen LogP contribution < -0.4 is 5.73 Å². The molecule has 1 saturated heterocycles. The van der Waals surface area contributed by atoms with Gasteiger partial charge in [-0.1, -0.05) is 24.3 Å². The van der Waals surface area contributed by atoms with Gasteiger partial charge in [0.1, 0.15) is 0 Å². The summed E-state index contributed by atoms with van der Waals surface area (Å²) in [6.45, 7) is 6.62. The first-order chi connectivity index (χ1) is 8.29. The Hall–Kier alpha value is -0.570. The molecule has 2 nitrogen and oxygen atoms in total. The molecule has 18 heavy (non-hydrogen) atoms. The van der Waals surface area contributed by atoms with Crippen molar-refractivity contribution in [3.63, 3.8) is 0 Å². The van der Waals surface area contributed by atoms with E-state index in [1.54, 1.807) is 0 Å². The molecule has 0 aliphatic carbocycles. The molecule has 1 aliphatic heterocycles. The van der Waals surface area contributed by atoms with Crippen LogP contribution >= 0.6 is 12.4 Å². The monoisotopic (exact) mass is 268 g/mol. The van der Waals surface area contributed by atoms with Gasteiger partial charge >= 0.3 is 0 Å². The molecule has 2 N–H and O–H groups in total. The first-order valence-electron chi connectivity index (χ1n) is 6.76. The zero-order valence-electron chi connectivity index (χ0n) is 11.3. The van der Waals surface area contributed by atoms with E-state index in [-0.39, 0.29) is 12.4 Å². The Morgan fingerprint density at radius 1 is 1.33 bits per heavy atom. The predicted octanol–water partition coefficient (Wildman–Crippen LogP) is 2.98. The molecular formula is C15H25ClN2. The number of piperidine rings is 1. The molecule has 1 atom stereocenters. The van der Waals surface area contributed by atoms with Crippen molar-refractivity contribution in [2.24, 2.45) is 11.7 Å². The summed E-state index contributed by atoms with van der Waals surface area (Å²) in [6, 6.07) is 8.72. The van der Waals surface area contributed by atoms with Crippen molar-refractivity contribution in [1.82, 2.24) is 4.90 Å². The minimum Gasteiger partial charge on any atom is -0.330 e. The first-order valence-corrected chi connectivity index (χ1v) is 6.76. The van der Waals surface area contributed by atoms with E-state index < -0.39 is 0 Å². The summed E-state index contributed by atoms with van der Waals surface area (Å²) in [5.74, 6) is 0.817. The minimum atomic E-state index is 0. The van der Waals surface area contributed by atoms with Crippen LogP contribution in [0.25, 0.3) is 0 Å². The molecule has 1 heterocycles. The first kappa shape index (κ1) is 15.5. The van der Waals surface area contributed by atoms with Crippen molar-refractivity contribution >= 4 is 12.4 Å². The van der Waals surface area contributed by atoms with Crippen LogP contribution in [0.5, 0.6) is 0 Å². The van der Waals surface area contributed by atoms with Crippen molar-refractivity contribution < 1.29 is 0 Å². The lowest BCUT2D eigenvalue weighted by Gasteiger charge is -2.33. The van der Waals surface area contributed by atoms with Gasteiger partial charge in [-0.3, -0.25) is 4.90 Å². The molecule has 102 valence electrons. The Morgan fingerprint density at radius 3 is 2.83 bits per heavy atom. The normalized spacial score (nSPS) is 20.4. The Labute approximate surface area is 117 Å². The molecule has 1 fully saturated rings. The number of hydrogen-bond donors (Lipinski definition) is 1. The molecule has 3 heteroatoms. The van der Waals surface area contributed by atoms with Crippen molar-refractivity contribution in [2.75, 3.05) is 19.6 Å². The number of nitrogens with two attached hydrogens (primary N) is 1. The highest BCUT2D eigenvalue weighted by Gasteiger charge is 2.19. The average molecular weight is 269 g/mol. The van der Waals surface area contributed by atoms with Crippen LogP contribution in [-0.2, 0) is 6.54 Å². The predicted molar refractivity (Wildman–Crippen MR) is 80.1 cm³/mol. The fourth-order valence-electron chi connectivity index (χ4n) is 2.79. The second-order valence-corrected chi connectivity index (χ2v) is 5.25. The van der Waals surface area contributed by atoms with Gasteiger partial charge in [-0.25, -0.2) is 0 Å². The van der Waals surface area contributed by atoms with Crippen molar-refractivity contribution in [1.29, 1.82) is 0 Å². The quantitative estimate of drug-likeness (QED) is 0.910. The molecule has 1 aromatic rings. The van der Waals surface area contributed by atoms with Crippen LogP contribution in [0.2, 0.25) is 0 Å². The third-order valence-corrected chi connectivity index (χ3v) is 3.83. The Kier molecular flexibility index (Phi) is 6.69. The molecule has 0 radical (unpaired) electrons. The molecule has 0 bridgehead atoms. The SMILES string of the molecule is Cc1ccccc1CN1CCCC(CCN)C1.Cl. The average Bonchev–Trinajstić information content (AvgIpc) is 2.33. The number of halogens is 1. The Balaban J connectivity index is 0.00000162. The maximum Gasteiger partial charge on any atom is 0.0236 e. The Bertz CT molecular complexity index is 352. The number of rotatable bonds is 4. The van der Waals surface area contributed by atoms with Crippen LogP contribution in [0.4, 0.5) is 0 Å². The zero-order valence-corrected chi connectivity index (χ0v) is 12.1. The van der Waals surface area contributed by atoms with Crippen LogP contribution in [0, 0.1) is 12.8 Å². The lowest BCUT2D eigenvalue weighted by Crippen LogP contribution is -2.35. The third-order valence-electron chi connectivity index (χ3n) is 3.83. The van der Waals surface area contributed by atoms with Crippen LogP contribution in [0.15, 0.2) is 24.3 Å². The van der Waals surface area contributed by atoms with Gasteiger partial charge in [0.25, 0.3) is 0 Å². The fraction of sp³-hybridized carbons (Fsp3) is 0.600. The summed E-state index contributed by atoms with van der Waals surface area (Å²) >= 11 is 0. The summed E-state index contributed by atoms with van der Waals surface area (Å²) in [5, 5.41) is 0. The number of likely N-dealkylation sites (tertiary alicyclic amines) is 1. The van der Waals surface area contributed by atoms with Crippen molar-refractivity contribution in [3.05, 3.63) is 35.4 Å². The van der Waals surface area contributed by atoms with E-state index in [0.29, 0.717) is 0 Å². The van der Waals surface area contributed by atoms with E-state index in [0.717, 1.165) is 19.0 Å². The van der Waals surface area contributed by atoms with Crippen LogP contribution in [0.3, 0.4) is 0 Å². The van der Waals surface area contributed by atoms with Crippen LogP contribution in [0.1, 0.15) is 30.4 Å². The minimum absolute atomic E-state index is 0. The van der Waals surface area contributed by atoms with Gasteiger partial charge in [-0.2, -0.15) is 0 Å². The van der Waals surface area contributed by atoms with E-state index in [9.17, 15) is 0 Å². The number of nitrogens with zero attached hydrogens (tertiary/aromatic N) is 1. The molecule has 1 aliphatic rings. The van der Waals surface area contributed by atoms with Gasteiger partial charge in [0.05, 0.1) is 0 Å². The van der Waals surface area contributed by atoms with Crippen LogP contribution in [-0.4, -0.2) is 24.5 Å². The summed E-state index contributed by atoms with van der Waals surface area (Å²) in [4.78, 5) is 2.59. The maximum absolute atomic E-state index is 5.66. The summed E-state index contributed by atoms with van der Waals surface area (Å²) in [7, 11) is 0. The fourth-order valence-corrected chi connectivity index (χ4v) is 2.79. The van der Waals surface area contributed by atoms with Gasteiger partial charge in [0.2, 0.25) is 0 Å². The van der Waals surface area contributed by atoms with E-state index >= 15 is 0 Å². The molecule has 0 aromatic heterocycles. The summed E-state index contributed by atoms with van der Waals surface area (Å²) in [6.07, 6.45) is 3.88. The standard InChI is InChI=1S/C15H24N2.ClH/c1-13-5-2-3-7-15(13)12-17-10-4-6-14(11-17)8-9-16;/h2-3,5,7,14H,4,6,8-12,16H2,1H3;1H. The number of aryl methyl sites for hydroxylation is 1. The second-order valence-electron chi connectivity index (χ2n) is 5.25. The lowest BCUT2D eigenvalue weighted by atomic mass is 9.94. The smallest absolute Gasteiger partial charge is 0.0236 e. The number of benzene rings is 1. The highest BCUT2D eigenvalue weighted by Crippen LogP contribution is 2.21. The molecular weight excluding hydrogens is 244 g/mol. The van der Waals surface area contributed by atoms with E-state index in [2.05, 4.69) is 36.1 Å². The van der Waals surface area contributed by atoms with Gasteiger partial charge < -0.3 is 5.73 Å².